The van der Waals surface area contributed by atoms with Crippen LogP contribution < -0.4 is 4.74 Å². The maximum atomic E-state index is 12.2. The summed E-state index contributed by atoms with van der Waals surface area (Å²) in [6, 6.07) is 13.1. The molecule has 5 nitrogen and oxygen atoms in total. The Bertz CT molecular complexity index is 899. The lowest BCUT2D eigenvalue weighted by molar-refractivity contribution is 0.157. The van der Waals surface area contributed by atoms with Crippen molar-refractivity contribution < 1.29 is 9.53 Å². The monoisotopic (exact) mass is 319 g/mol. The van der Waals surface area contributed by atoms with Crippen molar-refractivity contribution in [2.45, 2.75) is 6.42 Å². The normalized spacial score (nSPS) is 14.5. The third-order valence-electron chi connectivity index (χ3n) is 4.20. The molecule has 0 atom stereocenters. The van der Waals surface area contributed by atoms with Gasteiger partial charge in [0.15, 0.2) is 0 Å². The van der Waals surface area contributed by atoms with Crippen molar-refractivity contribution >= 4 is 22.7 Å². The van der Waals surface area contributed by atoms with Crippen LogP contribution in [0.15, 0.2) is 60.9 Å². The molecular weight excluding hydrogens is 302 g/mol. The quantitative estimate of drug-likeness (QED) is 0.780. The Morgan fingerprint density at radius 2 is 2.04 bits per heavy atom. The van der Waals surface area contributed by atoms with Gasteiger partial charge in [-0.2, -0.15) is 0 Å². The van der Waals surface area contributed by atoms with Gasteiger partial charge in [-0.1, -0.05) is 24.3 Å². The summed E-state index contributed by atoms with van der Waals surface area (Å²) in [6.45, 7) is 1.18. The highest BCUT2D eigenvalue weighted by Crippen LogP contribution is 2.28. The molecule has 0 bridgehead atoms. The molecule has 0 spiro atoms. The van der Waals surface area contributed by atoms with Crippen molar-refractivity contribution in [2.24, 2.45) is 0 Å². The highest BCUT2D eigenvalue weighted by atomic mass is 16.6. The zero-order valence-corrected chi connectivity index (χ0v) is 13.1. The second-order valence-corrected chi connectivity index (χ2v) is 5.71. The molecule has 0 aliphatic carbocycles. The fraction of sp³-hybridized carbons (Fsp3) is 0.158. The minimum Gasteiger partial charge on any atom is -0.410 e. The minimum atomic E-state index is -0.312. The van der Waals surface area contributed by atoms with Gasteiger partial charge in [-0.25, -0.2) is 4.79 Å². The van der Waals surface area contributed by atoms with Gasteiger partial charge in [0.25, 0.3) is 0 Å². The van der Waals surface area contributed by atoms with E-state index in [2.05, 4.69) is 16.0 Å². The summed E-state index contributed by atoms with van der Waals surface area (Å²) in [4.78, 5) is 21.6. The van der Waals surface area contributed by atoms with Crippen LogP contribution in [0.4, 0.5) is 4.79 Å². The molecule has 1 aliphatic heterocycles. The lowest BCUT2D eigenvalue weighted by Crippen LogP contribution is -2.36. The first kappa shape index (κ1) is 14.5. The number of benzene rings is 1. The van der Waals surface area contributed by atoms with Crippen molar-refractivity contribution in [3.63, 3.8) is 0 Å². The summed E-state index contributed by atoms with van der Waals surface area (Å²) in [7, 11) is 0. The van der Waals surface area contributed by atoms with E-state index in [4.69, 9.17) is 4.74 Å². The fourth-order valence-electron chi connectivity index (χ4n) is 2.93. The third-order valence-corrected chi connectivity index (χ3v) is 4.20. The largest absolute Gasteiger partial charge is 0.415 e. The second-order valence-electron chi connectivity index (χ2n) is 5.71. The van der Waals surface area contributed by atoms with Crippen LogP contribution in [0.2, 0.25) is 0 Å². The smallest absolute Gasteiger partial charge is 0.410 e. The molecule has 0 radical (unpaired) electrons. The van der Waals surface area contributed by atoms with Gasteiger partial charge in [0.05, 0.1) is 11.0 Å². The standard InChI is InChI=1S/C19H17N3O2/c23-19(24-15-5-2-1-3-6-15)22-11-8-14(9-12-22)16-13-21-17-7-4-10-20-18(16)17/h1-8,10,13,21H,9,11-12H2. The number of pyridine rings is 1. The van der Waals surface area contributed by atoms with Crippen LogP contribution in [0.25, 0.3) is 16.6 Å². The number of ether oxygens (including phenoxy) is 1. The van der Waals surface area contributed by atoms with E-state index in [-0.39, 0.29) is 6.09 Å². The molecule has 1 aromatic carbocycles. The molecule has 2 aromatic heterocycles. The number of amides is 1. The molecule has 120 valence electrons. The van der Waals surface area contributed by atoms with Gasteiger partial charge >= 0.3 is 6.09 Å². The molecular formula is C19H17N3O2. The lowest BCUT2D eigenvalue weighted by Gasteiger charge is -2.25. The molecule has 0 saturated heterocycles. The van der Waals surface area contributed by atoms with Gasteiger partial charge in [-0.3, -0.25) is 4.98 Å². The van der Waals surface area contributed by atoms with E-state index in [1.54, 1.807) is 23.2 Å². The zero-order chi connectivity index (χ0) is 16.4. The molecule has 1 aliphatic rings. The van der Waals surface area contributed by atoms with Crippen molar-refractivity contribution in [3.05, 3.63) is 66.5 Å². The zero-order valence-electron chi connectivity index (χ0n) is 13.1. The summed E-state index contributed by atoms with van der Waals surface area (Å²) >= 11 is 0. The third kappa shape index (κ3) is 2.76. The van der Waals surface area contributed by atoms with Crippen LogP contribution in [-0.2, 0) is 0 Å². The maximum absolute atomic E-state index is 12.2. The Hall–Kier alpha value is -3.08. The number of carbonyl (C=O) groups excluding carboxylic acids is 1. The summed E-state index contributed by atoms with van der Waals surface area (Å²) in [5.74, 6) is 0.568. The highest BCUT2D eigenvalue weighted by Gasteiger charge is 2.21. The summed E-state index contributed by atoms with van der Waals surface area (Å²) in [5.41, 5.74) is 4.33. The molecule has 4 rings (SSSR count). The molecule has 3 aromatic rings. The Balaban J connectivity index is 1.48. The first-order valence-electron chi connectivity index (χ1n) is 7.94. The molecule has 1 amide bonds. The number of para-hydroxylation sites is 1. The first-order valence-corrected chi connectivity index (χ1v) is 7.94. The van der Waals surface area contributed by atoms with Crippen molar-refractivity contribution in [1.29, 1.82) is 0 Å². The predicted octanol–water partition coefficient (Wildman–Crippen LogP) is 3.85. The molecule has 0 fully saturated rings. The summed E-state index contributed by atoms with van der Waals surface area (Å²) in [5, 5.41) is 0. The molecule has 0 saturated carbocycles. The lowest BCUT2D eigenvalue weighted by atomic mass is 10.0. The van der Waals surface area contributed by atoms with E-state index in [1.165, 1.54) is 5.57 Å². The molecule has 3 heterocycles. The van der Waals surface area contributed by atoms with Crippen LogP contribution >= 0.6 is 0 Å². The van der Waals surface area contributed by atoms with Gasteiger partial charge in [0.1, 0.15) is 5.75 Å². The second kappa shape index (κ2) is 6.20. The average Bonchev–Trinajstić information content (AvgIpc) is 3.07. The number of fused-ring (bicyclic) bond motifs is 1. The van der Waals surface area contributed by atoms with Crippen LogP contribution in [0.1, 0.15) is 12.0 Å². The maximum Gasteiger partial charge on any atom is 0.415 e. The summed E-state index contributed by atoms with van der Waals surface area (Å²) < 4.78 is 5.39. The van der Waals surface area contributed by atoms with Gasteiger partial charge in [0, 0.05) is 31.0 Å². The number of H-pyrrole nitrogens is 1. The molecule has 0 unspecified atom stereocenters. The number of nitrogens with zero attached hydrogens (tertiary/aromatic N) is 2. The fourth-order valence-corrected chi connectivity index (χ4v) is 2.93. The minimum absolute atomic E-state index is 0.312. The van der Waals surface area contributed by atoms with Gasteiger partial charge in [0.2, 0.25) is 0 Å². The average molecular weight is 319 g/mol. The Kier molecular flexibility index (Phi) is 3.75. The first-order chi connectivity index (χ1) is 11.8. The molecule has 5 heteroatoms. The number of rotatable bonds is 2. The van der Waals surface area contributed by atoms with E-state index in [0.717, 1.165) is 23.0 Å². The van der Waals surface area contributed by atoms with Crippen LogP contribution in [0, 0.1) is 0 Å². The van der Waals surface area contributed by atoms with Crippen LogP contribution in [0.3, 0.4) is 0 Å². The van der Waals surface area contributed by atoms with E-state index in [1.807, 2.05) is 36.5 Å². The van der Waals surface area contributed by atoms with Gasteiger partial charge in [-0.15, -0.1) is 0 Å². The van der Waals surface area contributed by atoms with Crippen LogP contribution in [0.5, 0.6) is 5.75 Å². The van der Waals surface area contributed by atoms with Gasteiger partial charge in [-0.05, 0) is 36.3 Å². The number of hydrogen-bond donors (Lipinski definition) is 1. The van der Waals surface area contributed by atoms with Crippen LogP contribution in [-0.4, -0.2) is 34.1 Å². The van der Waals surface area contributed by atoms with Crippen molar-refractivity contribution in [2.75, 3.05) is 13.1 Å². The predicted molar refractivity (Wildman–Crippen MR) is 92.7 cm³/mol. The molecule has 1 N–H and O–H groups in total. The number of aromatic amines is 1. The topological polar surface area (TPSA) is 58.2 Å². The van der Waals surface area contributed by atoms with Crippen molar-refractivity contribution in [3.8, 4) is 5.75 Å². The number of aromatic nitrogens is 2. The summed E-state index contributed by atoms with van der Waals surface area (Å²) in [6.07, 6.45) is 6.34. The SMILES string of the molecule is O=C(Oc1ccccc1)N1CC=C(c2c[nH]c3cccnc23)CC1. The highest BCUT2D eigenvalue weighted by molar-refractivity contribution is 5.90. The van der Waals surface area contributed by atoms with E-state index >= 15 is 0 Å². The number of hydrogen-bond acceptors (Lipinski definition) is 3. The Labute approximate surface area is 139 Å². The Morgan fingerprint density at radius 1 is 1.17 bits per heavy atom. The van der Waals surface area contributed by atoms with E-state index in [9.17, 15) is 4.79 Å². The van der Waals surface area contributed by atoms with E-state index in [0.29, 0.717) is 18.8 Å². The number of nitrogens with one attached hydrogen (secondary N) is 1. The Morgan fingerprint density at radius 3 is 2.83 bits per heavy atom. The molecule has 24 heavy (non-hydrogen) atoms. The number of carbonyl (C=O) groups is 1. The van der Waals surface area contributed by atoms with Crippen molar-refractivity contribution in [1.82, 2.24) is 14.9 Å². The van der Waals surface area contributed by atoms with E-state index < -0.39 is 0 Å². The van der Waals surface area contributed by atoms with Gasteiger partial charge < -0.3 is 14.6 Å².